The van der Waals surface area contributed by atoms with Crippen LogP contribution >= 0.6 is 27.7 Å². The summed E-state index contributed by atoms with van der Waals surface area (Å²) in [6.45, 7) is 2.41. The molecular formula is C19H20BrNS. The maximum Gasteiger partial charge on any atom is 0.0351 e. The standard InChI is InChI=1S/C19H20BrNS/c1-22-15-7-4-13(5-8-15)18-12-21-10-2-3-19(21)16-9-6-14(20)11-17(16)18/h4-9,11,18-19H,2-3,10,12H2,1H3/t18-,19+/m1/s1. The quantitative estimate of drug-likeness (QED) is 0.643. The molecule has 1 nitrogen and oxygen atoms in total. The molecular weight excluding hydrogens is 354 g/mol. The molecule has 2 aliphatic heterocycles. The highest BCUT2D eigenvalue weighted by Crippen LogP contribution is 2.45. The molecule has 0 spiro atoms. The first-order valence-corrected chi connectivity index (χ1v) is 9.95. The summed E-state index contributed by atoms with van der Waals surface area (Å²) in [4.78, 5) is 4.02. The Labute approximate surface area is 145 Å². The average Bonchev–Trinajstić information content (AvgIpc) is 3.02. The van der Waals surface area contributed by atoms with Gasteiger partial charge in [-0.2, -0.15) is 0 Å². The summed E-state index contributed by atoms with van der Waals surface area (Å²) in [5.41, 5.74) is 4.52. The zero-order chi connectivity index (χ0) is 15.1. The Hall–Kier alpha value is -0.770. The second-order valence-corrected chi connectivity index (χ2v) is 8.05. The Morgan fingerprint density at radius 3 is 2.68 bits per heavy atom. The fourth-order valence-corrected chi connectivity index (χ4v) is 4.79. The van der Waals surface area contributed by atoms with Gasteiger partial charge in [0.2, 0.25) is 0 Å². The van der Waals surface area contributed by atoms with Gasteiger partial charge in [0.05, 0.1) is 0 Å². The van der Waals surface area contributed by atoms with E-state index < -0.39 is 0 Å². The van der Waals surface area contributed by atoms with Gasteiger partial charge in [-0.3, -0.25) is 4.90 Å². The van der Waals surface area contributed by atoms with Gasteiger partial charge in [-0.1, -0.05) is 34.1 Å². The average molecular weight is 374 g/mol. The molecule has 4 rings (SSSR count). The first kappa shape index (κ1) is 14.8. The van der Waals surface area contributed by atoms with E-state index >= 15 is 0 Å². The van der Waals surface area contributed by atoms with Gasteiger partial charge >= 0.3 is 0 Å². The van der Waals surface area contributed by atoms with Crippen LogP contribution in [0, 0.1) is 0 Å². The predicted molar refractivity (Wildman–Crippen MR) is 97.8 cm³/mol. The van der Waals surface area contributed by atoms with Crippen molar-refractivity contribution in [2.75, 3.05) is 19.3 Å². The van der Waals surface area contributed by atoms with Crippen LogP contribution in [0.3, 0.4) is 0 Å². The Balaban J connectivity index is 1.79. The second-order valence-electron chi connectivity index (χ2n) is 6.25. The van der Waals surface area contributed by atoms with Crippen molar-refractivity contribution in [2.24, 2.45) is 0 Å². The maximum atomic E-state index is 3.67. The first-order chi connectivity index (χ1) is 10.8. The van der Waals surface area contributed by atoms with Crippen LogP contribution in [-0.4, -0.2) is 24.2 Å². The molecule has 114 valence electrons. The summed E-state index contributed by atoms with van der Waals surface area (Å²) in [7, 11) is 0. The minimum atomic E-state index is 0.498. The SMILES string of the molecule is CSc1ccc([C@H]2CN3CCC[C@H]3c3ccc(Br)cc32)cc1. The second kappa shape index (κ2) is 6.03. The molecule has 22 heavy (non-hydrogen) atoms. The minimum absolute atomic E-state index is 0.498. The van der Waals surface area contributed by atoms with Gasteiger partial charge in [0.25, 0.3) is 0 Å². The van der Waals surface area contributed by atoms with Gasteiger partial charge in [0.1, 0.15) is 0 Å². The highest BCUT2D eigenvalue weighted by atomic mass is 79.9. The van der Waals surface area contributed by atoms with Crippen LogP contribution in [0.1, 0.15) is 41.5 Å². The highest BCUT2D eigenvalue weighted by molar-refractivity contribution is 9.10. The summed E-state index contributed by atoms with van der Waals surface area (Å²) < 4.78 is 1.20. The zero-order valence-electron chi connectivity index (χ0n) is 12.8. The Bertz CT molecular complexity index is 682. The summed E-state index contributed by atoms with van der Waals surface area (Å²) in [6, 6.07) is 16.7. The van der Waals surface area contributed by atoms with E-state index in [-0.39, 0.29) is 0 Å². The van der Waals surface area contributed by atoms with E-state index in [1.165, 1.54) is 39.9 Å². The normalized spacial score (nSPS) is 24.1. The fourth-order valence-electron chi connectivity index (χ4n) is 4.00. The van der Waals surface area contributed by atoms with E-state index in [0.717, 1.165) is 6.54 Å². The van der Waals surface area contributed by atoms with Crippen molar-refractivity contribution < 1.29 is 0 Å². The Morgan fingerprint density at radius 1 is 1.09 bits per heavy atom. The van der Waals surface area contributed by atoms with Crippen LogP contribution in [0.15, 0.2) is 51.8 Å². The number of thioether (sulfide) groups is 1. The lowest BCUT2D eigenvalue weighted by Gasteiger charge is -2.37. The van der Waals surface area contributed by atoms with Crippen molar-refractivity contribution in [3.63, 3.8) is 0 Å². The van der Waals surface area contributed by atoms with Crippen molar-refractivity contribution in [1.82, 2.24) is 4.90 Å². The summed E-state index contributed by atoms with van der Waals surface area (Å²) in [5, 5.41) is 0. The van der Waals surface area contributed by atoms with E-state index in [9.17, 15) is 0 Å². The molecule has 0 radical (unpaired) electrons. The van der Waals surface area contributed by atoms with Crippen LogP contribution in [0.4, 0.5) is 0 Å². The number of nitrogens with zero attached hydrogens (tertiary/aromatic N) is 1. The smallest absolute Gasteiger partial charge is 0.0351 e. The number of benzene rings is 2. The molecule has 1 saturated heterocycles. The van der Waals surface area contributed by atoms with Crippen molar-refractivity contribution in [3.8, 4) is 0 Å². The molecule has 0 amide bonds. The minimum Gasteiger partial charge on any atom is -0.295 e. The van der Waals surface area contributed by atoms with Crippen LogP contribution < -0.4 is 0 Å². The predicted octanol–water partition coefficient (Wildman–Crippen LogP) is 5.45. The van der Waals surface area contributed by atoms with Crippen molar-refractivity contribution in [1.29, 1.82) is 0 Å². The number of hydrogen-bond donors (Lipinski definition) is 0. The topological polar surface area (TPSA) is 3.24 Å². The monoisotopic (exact) mass is 373 g/mol. The summed E-state index contributed by atoms with van der Waals surface area (Å²) >= 11 is 5.48. The Morgan fingerprint density at radius 2 is 1.91 bits per heavy atom. The summed E-state index contributed by atoms with van der Waals surface area (Å²) in [6.07, 6.45) is 4.78. The molecule has 2 heterocycles. The maximum absolute atomic E-state index is 3.67. The van der Waals surface area contributed by atoms with E-state index in [2.05, 4.69) is 69.6 Å². The largest absolute Gasteiger partial charge is 0.295 e. The lowest BCUT2D eigenvalue weighted by molar-refractivity contribution is 0.230. The molecule has 2 aromatic carbocycles. The fraction of sp³-hybridized carbons (Fsp3) is 0.368. The van der Waals surface area contributed by atoms with E-state index in [4.69, 9.17) is 0 Å². The van der Waals surface area contributed by atoms with Crippen molar-refractivity contribution in [2.45, 2.75) is 29.7 Å². The number of hydrogen-bond acceptors (Lipinski definition) is 2. The molecule has 2 aromatic rings. The molecule has 2 atom stereocenters. The van der Waals surface area contributed by atoms with Crippen LogP contribution in [0.25, 0.3) is 0 Å². The lowest BCUT2D eigenvalue weighted by Crippen LogP contribution is -2.34. The van der Waals surface area contributed by atoms with Crippen LogP contribution in [0.2, 0.25) is 0 Å². The molecule has 0 unspecified atom stereocenters. The van der Waals surface area contributed by atoms with Gasteiger partial charge in [0, 0.05) is 27.9 Å². The third-order valence-electron chi connectivity index (χ3n) is 5.08. The molecule has 0 aromatic heterocycles. The van der Waals surface area contributed by atoms with Crippen molar-refractivity contribution in [3.05, 3.63) is 63.6 Å². The van der Waals surface area contributed by atoms with Gasteiger partial charge in [-0.15, -0.1) is 11.8 Å². The molecule has 2 aliphatic rings. The Kier molecular flexibility index (Phi) is 4.05. The molecule has 3 heteroatoms. The molecule has 1 fully saturated rings. The molecule has 0 aliphatic carbocycles. The third-order valence-corrected chi connectivity index (χ3v) is 6.32. The van der Waals surface area contributed by atoms with Gasteiger partial charge in [0.15, 0.2) is 0 Å². The lowest BCUT2D eigenvalue weighted by atomic mass is 9.82. The van der Waals surface area contributed by atoms with E-state index in [1.807, 2.05) is 11.8 Å². The summed E-state index contributed by atoms with van der Waals surface area (Å²) in [5.74, 6) is 0.498. The molecule has 0 N–H and O–H groups in total. The van der Waals surface area contributed by atoms with E-state index in [1.54, 1.807) is 5.56 Å². The van der Waals surface area contributed by atoms with Gasteiger partial charge in [-0.25, -0.2) is 0 Å². The number of rotatable bonds is 2. The van der Waals surface area contributed by atoms with Crippen LogP contribution in [-0.2, 0) is 0 Å². The van der Waals surface area contributed by atoms with Gasteiger partial charge < -0.3 is 0 Å². The van der Waals surface area contributed by atoms with Gasteiger partial charge in [-0.05, 0) is 66.6 Å². The number of fused-ring (bicyclic) bond motifs is 3. The first-order valence-electron chi connectivity index (χ1n) is 7.93. The highest BCUT2D eigenvalue weighted by Gasteiger charge is 2.36. The third kappa shape index (κ3) is 2.53. The number of halogens is 1. The van der Waals surface area contributed by atoms with E-state index in [0.29, 0.717) is 12.0 Å². The molecule has 0 saturated carbocycles. The zero-order valence-corrected chi connectivity index (χ0v) is 15.2. The molecule has 0 bridgehead atoms. The van der Waals surface area contributed by atoms with Crippen LogP contribution in [0.5, 0.6) is 0 Å². The van der Waals surface area contributed by atoms with Crippen molar-refractivity contribution >= 4 is 27.7 Å².